The number of nitrogens with zero attached hydrogens (tertiary/aromatic N) is 1. The summed E-state index contributed by atoms with van der Waals surface area (Å²) in [5, 5.41) is 9.05. The number of hydrogen-bond donors (Lipinski definition) is 1. The van der Waals surface area contributed by atoms with Crippen molar-refractivity contribution >= 4 is 5.97 Å². The van der Waals surface area contributed by atoms with Gasteiger partial charge in [-0.15, -0.1) is 0 Å². The average Bonchev–Trinajstić information content (AvgIpc) is 2.22. The zero-order chi connectivity index (χ0) is 12.9. The van der Waals surface area contributed by atoms with E-state index in [0.717, 1.165) is 26.1 Å². The van der Waals surface area contributed by atoms with E-state index in [1.165, 1.54) is 25.7 Å². The molecule has 3 nitrogen and oxygen atoms in total. The number of carboxylic acids is 1. The van der Waals surface area contributed by atoms with Gasteiger partial charge in [-0.25, -0.2) is 0 Å². The Morgan fingerprint density at radius 1 is 1.24 bits per heavy atom. The van der Waals surface area contributed by atoms with Crippen LogP contribution in [0.15, 0.2) is 0 Å². The number of aliphatic carboxylic acids is 1. The lowest BCUT2D eigenvalue weighted by Crippen LogP contribution is -2.57. The molecule has 0 amide bonds. The van der Waals surface area contributed by atoms with Crippen molar-refractivity contribution in [3.8, 4) is 0 Å². The van der Waals surface area contributed by atoms with E-state index in [9.17, 15) is 4.79 Å². The molecule has 1 atom stereocenters. The van der Waals surface area contributed by atoms with Crippen molar-refractivity contribution in [2.24, 2.45) is 11.3 Å². The van der Waals surface area contributed by atoms with Gasteiger partial charge in [-0.2, -0.15) is 0 Å². The fourth-order valence-electron chi connectivity index (χ4n) is 3.23. The highest BCUT2D eigenvalue weighted by molar-refractivity contribution is 5.70. The van der Waals surface area contributed by atoms with E-state index in [4.69, 9.17) is 5.11 Å². The molecule has 0 aromatic heterocycles. The van der Waals surface area contributed by atoms with Crippen molar-refractivity contribution in [3.05, 3.63) is 0 Å². The maximum absolute atomic E-state index is 11.0. The van der Waals surface area contributed by atoms with Crippen molar-refractivity contribution < 1.29 is 9.90 Å². The first-order valence-corrected chi connectivity index (χ1v) is 7.02. The third-order valence-electron chi connectivity index (χ3n) is 4.00. The molecule has 1 unspecified atom stereocenters. The highest BCUT2D eigenvalue weighted by Gasteiger charge is 2.41. The molecule has 1 rings (SSSR count). The Balaban J connectivity index is 2.40. The van der Waals surface area contributed by atoms with Gasteiger partial charge in [0.05, 0.1) is 5.92 Å². The van der Waals surface area contributed by atoms with Crippen LogP contribution in [0, 0.1) is 11.3 Å². The standard InChI is InChI=1S/C14H27NO2/c1-4-7-14(8-5-2)10-15(11-14)9-12(6-3)13(16)17/h12H,4-11H2,1-3H3,(H,16,17). The Kier molecular flexibility index (Phi) is 5.44. The maximum atomic E-state index is 11.0. The largest absolute Gasteiger partial charge is 0.481 e. The van der Waals surface area contributed by atoms with Crippen molar-refractivity contribution in [1.29, 1.82) is 0 Å². The van der Waals surface area contributed by atoms with E-state index in [2.05, 4.69) is 18.7 Å². The summed E-state index contributed by atoms with van der Waals surface area (Å²) >= 11 is 0. The second-order valence-corrected chi connectivity index (χ2v) is 5.61. The summed E-state index contributed by atoms with van der Waals surface area (Å²) in [6.07, 6.45) is 5.80. The molecule has 1 fully saturated rings. The van der Waals surface area contributed by atoms with Crippen LogP contribution < -0.4 is 0 Å². The first-order valence-electron chi connectivity index (χ1n) is 7.02. The molecule has 1 N–H and O–H groups in total. The van der Waals surface area contributed by atoms with Gasteiger partial charge in [0.2, 0.25) is 0 Å². The van der Waals surface area contributed by atoms with Crippen molar-refractivity contribution in [1.82, 2.24) is 4.90 Å². The molecule has 1 heterocycles. The fourth-order valence-corrected chi connectivity index (χ4v) is 3.23. The third-order valence-corrected chi connectivity index (χ3v) is 4.00. The number of carboxylic acid groups (broad SMARTS) is 1. The molecule has 3 heteroatoms. The van der Waals surface area contributed by atoms with E-state index in [1.807, 2.05) is 6.92 Å². The van der Waals surface area contributed by atoms with Crippen LogP contribution in [0.3, 0.4) is 0 Å². The smallest absolute Gasteiger partial charge is 0.307 e. The van der Waals surface area contributed by atoms with E-state index < -0.39 is 5.97 Å². The zero-order valence-corrected chi connectivity index (χ0v) is 11.5. The summed E-state index contributed by atoms with van der Waals surface area (Å²) in [5.41, 5.74) is 0.500. The van der Waals surface area contributed by atoms with Gasteiger partial charge in [-0.3, -0.25) is 4.79 Å². The van der Waals surface area contributed by atoms with Crippen LogP contribution in [0.5, 0.6) is 0 Å². The van der Waals surface area contributed by atoms with Gasteiger partial charge in [-0.1, -0.05) is 33.6 Å². The molecule has 100 valence electrons. The van der Waals surface area contributed by atoms with Crippen LogP contribution in [0.4, 0.5) is 0 Å². The monoisotopic (exact) mass is 241 g/mol. The van der Waals surface area contributed by atoms with Gasteiger partial charge in [0.1, 0.15) is 0 Å². The van der Waals surface area contributed by atoms with E-state index in [0.29, 0.717) is 5.41 Å². The summed E-state index contributed by atoms with van der Waals surface area (Å²) in [4.78, 5) is 13.3. The van der Waals surface area contributed by atoms with Gasteiger partial charge in [0, 0.05) is 19.6 Å². The molecular weight excluding hydrogens is 214 g/mol. The second-order valence-electron chi connectivity index (χ2n) is 5.61. The van der Waals surface area contributed by atoms with Gasteiger partial charge < -0.3 is 10.0 Å². The predicted octanol–water partition coefficient (Wildman–Crippen LogP) is 3.00. The number of carbonyl (C=O) groups is 1. The summed E-state index contributed by atoms with van der Waals surface area (Å²) in [7, 11) is 0. The van der Waals surface area contributed by atoms with Crippen LogP contribution in [0.25, 0.3) is 0 Å². The lowest BCUT2D eigenvalue weighted by Gasteiger charge is -2.51. The third kappa shape index (κ3) is 3.70. The molecule has 0 bridgehead atoms. The Hall–Kier alpha value is -0.570. The predicted molar refractivity (Wildman–Crippen MR) is 70.1 cm³/mol. The van der Waals surface area contributed by atoms with Gasteiger partial charge >= 0.3 is 5.97 Å². The Labute approximate surface area is 105 Å². The first-order chi connectivity index (χ1) is 8.06. The van der Waals surface area contributed by atoms with E-state index in [1.54, 1.807) is 0 Å². The highest BCUT2D eigenvalue weighted by atomic mass is 16.4. The normalized spacial score (nSPS) is 20.9. The summed E-state index contributed by atoms with van der Waals surface area (Å²) in [6, 6.07) is 0. The molecule has 0 aromatic rings. The van der Waals surface area contributed by atoms with Crippen LogP contribution in [-0.4, -0.2) is 35.6 Å². The van der Waals surface area contributed by atoms with E-state index in [-0.39, 0.29) is 5.92 Å². The molecule has 0 aliphatic carbocycles. The quantitative estimate of drug-likeness (QED) is 0.710. The number of hydrogen-bond acceptors (Lipinski definition) is 2. The molecule has 0 spiro atoms. The molecule has 1 aliphatic heterocycles. The minimum Gasteiger partial charge on any atom is -0.481 e. The average molecular weight is 241 g/mol. The zero-order valence-electron chi connectivity index (χ0n) is 11.5. The van der Waals surface area contributed by atoms with Crippen LogP contribution >= 0.6 is 0 Å². The second kappa shape index (κ2) is 6.39. The Morgan fingerprint density at radius 2 is 1.76 bits per heavy atom. The van der Waals surface area contributed by atoms with Gasteiger partial charge in [-0.05, 0) is 24.7 Å². The topological polar surface area (TPSA) is 40.5 Å². The highest BCUT2D eigenvalue weighted by Crippen LogP contribution is 2.39. The maximum Gasteiger partial charge on any atom is 0.307 e. The van der Waals surface area contributed by atoms with Crippen molar-refractivity contribution in [2.45, 2.75) is 52.9 Å². The van der Waals surface area contributed by atoms with E-state index >= 15 is 0 Å². The molecule has 17 heavy (non-hydrogen) atoms. The summed E-state index contributed by atoms with van der Waals surface area (Å²) in [6.45, 7) is 9.40. The fraction of sp³-hybridized carbons (Fsp3) is 0.929. The Morgan fingerprint density at radius 3 is 2.12 bits per heavy atom. The molecule has 1 saturated heterocycles. The number of rotatable bonds is 8. The van der Waals surface area contributed by atoms with Crippen LogP contribution in [-0.2, 0) is 4.79 Å². The van der Waals surface area contributed by atoms with Crippen molar-refractivity contribution in [3.63, 3.8) is 0 Å². The molecule has 0 radical (unpaired) electrons. The molecule has 0 aromatic carbocycles. The van der Waals surface area contributed by atoms with Crippen LogP contribution in [0.1, 0.15) is 52.9 Å². The molecule has 1 aliphatic rings. The lowest BCUT2D eigenvalue weighted by molar-refractivity contribution is -0.144. The summed E-state index contributed by atoms with van der Waals surface area (Å²) < 4.78 is 0. The molecule has 0 saturated carbocycles. The van der Waals surface area contributed by atoms with Gasteiger partial charge in [0.25, 0.3) is 0 Å². The first kappa shape index (κ1) is 14.5. The minimum atomic E-state index is -0.643. The number of likely N-dealkylation sites (tertiary alicyclic amines) is 1. The van der Waals surface area contributed by atoms with Crippen molar-refractivity contribution in [2.75, 3.05) is 19.6 Å². The molecular formula is C14H27NO2. The van der Waals surface area contributed by atoms with Crippen LogP contribution in [0.2, 0.25) is 0 Å². The minimum absolute atomic E-state index is 0.184. The lowest BCUT2D eigenvalue weighted by atomic mass is 9.72. The van der Waals surface area contributed by atoms with Gasteiger partial charge in [0.15, 0.2) is 0 Å². The summed E-state index contributed by atoms with van der Waals surface area (Å²) in [5.74, 6) is -0.827. The Bertz CT molecular complexity index is 239. The SMILES string of the molecule is CCCC1(CCC)CN(CC(CC)C(=O)O)C1.